The summed E-state index contributed by atoms with van der Waals surface area (Å²) in [5.74, 6) is 0.989. The molecule has 0 heterocycles. The van der Waals surface area contributed by atoms with Gasteiger partial charge in [-0.2, -0.15) is 0 Å². The maximum absolute atomic E-state index is 5.73. The van der Waals surface area contributed by atoms with Crippen molar-refractivity contribution >= 4 is 0 Å². The van der Waals surface area contributed by atoms with Crippen LogP contribution in [0.25, 0.3) is 0 Å². The van der Waals surface area contributed by atoms with Gasteiger partial charge >= 0.3 is 0 Å². The monoisotopic (exact) mass is 211 g/mol. The van der Waals surface area contributed by atoms with Gasteiger partial charge in [-0.3, -0.25) is 0 Å². The van der Waals surface area contributed by atoms with Gasteiger partial charge in [-0.05, 0) is 40.2 Å². The molecule has 0 amide bonds. The third kappa shape index (κ3) is 6.21. The van der Waals surface area contributed by atoms with Crippen molar-refractivity contribution in [1.29, 1.82) is 0 Å². The normalized spacial score (nSPS) is 11.1. The maximum Gasteiger partial charge on any atom is 0.189 e. The first kappa shape index (κ1) is 14.1. The van der Waals surface area contributed by atoms with Gasteiger partial charge in [0.25, 0.3) is 0 Å². The Labute approximate surface area is 94.6 Å². The first-order valence-electron chi connectivity index (χ1n) is 5.88. The van der Waals surface area contributed by atoms with Crippen LogP contribution in [0.1, 0.15) is 41.0 Å². The summed E-state index contributed by atoms with van der Waals surface area (Å²) in [6.07, 6.45) is 5.22. The molecule has 0 saturated heterocycles. The molecule has 0 bridgehead atoms. The van der Waals surface area contributed by atoms with Gasteiger partial charge < -0.3 is 9.64 Å². The predicted molar refractivity (Wildman–Crippen MR) is 66.7 cm³/mol. The van der Waals surface area contributed by atoms with Gasteiger partial charge in [0.1, 0.15) is 0 Å². The second-order valence-electron chi connectivity index (χ2n) is 3.77. The Morgan fingerprint density at radius 3 is 2.07 bits per heavy atom. The van der Waals surface area contributed by atoms with Crippen LogP contribution in [-0.2, 0) is 4.74 Å². The molecule has 0 aromatic rings. The largest absolute Gasteiger partial charge is 0.479 e. The molecule has 2 heteroatoms. The van der Waals surface area contributed by atoms with Crippen LogP contribution < -0.4 is 0 Å². The Morgan fingerprint density at radius 1 is 1.07 bits per heavy atom. The fraction of sp³-hybridized carbons (Fsp3) is 0.692. The average molecular weight is 211 g/mol. The van der Waals surface area contributed by atoms with Crippen LogP contribution in [0.15, 0.2) is 23.6 Å². The quantitative estimate of drug-likeness (QED) is 0.471. The van der Waals surface area contributed by atoms with Crippen molar-refractivity contribution in [3.63, 3.8) is 0 Å². The molecule has 0 unspecified atom stereocenters. The molecular formula is C13H25NO. The number of hydrogen-bond acceptors (Lipinski definition) is 2. The van der Waals surface area contributed by atoms with Crippen molar-refractivity contribution < 1.29 is 4.74 Å². The van der Waals surface area contributed by atoms with Crippen molar-refractivity contribution in [3.8, 4) is 0 Å². The average Bonchev–Trinajstić information content (AvgIpc) is 2.22. The number of rotatable bonds is 7. The standard InChI is InChI=1S/C13H25NO/c1-6-11-15-13(10-9-12(4)5)14(7-2)8-3/h9-10H,6-8,11H2,1-5H3/b13-10-. The highest BCUT2D eigenvalue weighted by molar-refractivity contribution is 5.11. The van der Waals surface area contributed by atoms with E-state index in [-0.39, 0.29) is 0 Å². The molecule has 0 radical (unpaired) electrons. The van der Waals surface area contributed by atoms with E-state index in [0.717, 1.165) is 32.0 Å². The third-order valence-electron chi connectivity index (χ3n) is 2.09. The molecule has 15 heavy (non-hydrogen) atoms. The molecule has 0 aliphatic rings. The van der Waals surface area contributed by atoms with Crippen molar-refractivity contribution in [2.75, 3.05) is 19.7 Å². The molecule has 0 rings (SSSR count). The van der Waals surface area contributed by atoms with Crippen LogP contribution >= 0.6 is 0 Å². The van der Waals surface area contributed by atoms with E-state index in [1.54, 1.807) is 0 Å². The van der Waals surface area contributed by atoms with E-state index in [4.69, 9.17) is 4.74 Å². The van der Waals surface area contributed by atoms with E-state index in [2.05, 4.69) is 51.7 Å². The summed E-state index contributed by atoms with van der Waals surface area (Å²) in [6.45, 7) is 13.4. The summed E-state index contributed by atoms with van der Waals surface area (Å²) in [4.78, 5) is 2.23. The van der Waals surface area contributed by atoms with E-state index in [9.17, 15) is 0 Å². The minimum atomic E-state index is 0.791. The van der Waals surface area contributed by atoms with E-state index in [1.165, 1.54) is 5.57 Å². The summed E-state index contributed by atoms with van der Waals surface area (Å²) in [5.41, 5.74) is 1.29. The molecule has 0 aliphatic heterocycles. The Kier molecular flexibility index (Phi) is 7.88. The summed E-state index contributed by atoms with van der Waals surface area (Å²) in [7, 11) is 0. The van der Waals surface area contributed by atoms with Crippen LogP contribution in [0.3, 0.4) is 0 Å². The van der Waals surface area contributed by atoms with E-state index in [1.807, 2.05) is 0 Å². The molecule has 0 saturated carbocycles. The fourth-order valence-corrected chi connectivity index (χ4v) is 1.22. The first-order chi connectivity index (χ1) is 7.15. The molecule has 0 spiro atoms. The smallest absolute Gasteiger partial charge is 0.189 e. The number of nitrogens with zero attached hydrogens (tertiary/aromatic N) is 1. The maximum atomic E-state index is 5.73. The highest BCUT2D eigenvalue weighted by atomic mass is 16.5. The van der Waals surface area contributed by atoms with Crippen molar-refractivity contribution in [2.45, 2.75) is 41.0 Å². The zero-order valence-electron chi connectivity index (χ0n) is 10.8. The number of allylic oxidation sites excluding steroid dienone is 3. The van der Waals surface area contributed by atoms with Crippen LogP contribution in [-0.4, -0.2) is 24.6 Å². The SMILES string of the molecule is CCCO/C(=C\C=C(C)C)N(CC)CC. The Balaban J connectivity index is 4.54. The lowest BCUT2D eigenvalue weighted by Crippen LogP contribution is -2.24. The van der Waals surface area contributed by atoms with Crippen LogP contribution in [0.5, 0.6) is 0 Å². The molecule has 2 nitrogen and oxygen atoms in total. The molecule has 0 aromatic heterocycles. The van der Waals surface area contributed by atoms with Crippen molar-refractivity contribution in [1.82, 2.24) is 4.90 Å². The lowest BCUT2D eigenvalue weighted by molar-refractivity contribution is 0.119. The molecule has 0 fully saturated rings. The van der Waals surface area contributed by atoms with Crippen molar-refractivity contribution in [2.24, 2.45) is 0 Å². The minimum Gasteiger partial charge on any atom is -0.479 e. The summed E-state index contributed by atoms with van der Waals surface area (Å²) in [6, 6.07) is 0. The van der Waals surface area contributed by atoms with Gasteiger partial charge in [0.05, 0.1) is 6.61 Å². The van der Waals surface area contributed by atoms with Gasteiger partial charge in [-0.1, -0.05) is 18.6 Å². The Hall–Kier alpha value is -0.920. The summed E-state index contributed by atoms with van der Waals surface area (Å²) in [5, 5.41) is 0. The molecular weight excluding hydrogens is 186 g/mol. The molecule has 0 aromatic carbocycles. The minimum absolute atomic E-state index is 0.791. The molecule has 0 aliphatic carbocycles. The van der Waals surface area contributed by atoms with E-state index in [0.29, 0.717) is 0 Å². The first-order valence-corrected chi connectivity index (χ1v) is 5.88. The lowest BCUT2D eigenvalue weighted by Gasteiger charge is -2.23. The van der Waals surface area contributed by atoms with Crippen LogP contribution in [0.2, 0.25) is 0 Å². The highest BCUT2D eigenvalue weighted by Crippen LogP contribution is 2.07. The van der Waals surface area contributed by atoms with E-state index >= 15 is 0 Å². The second-order valence-corrected chi connectivity index (χ2v) is 3.77. The molecule has 0 N–H and O–H groups in total. The predicted octanol–water partition coefficient (Wildman–Crippen LogP) is 3.56. The highest BCUT2D eigenvalue weighted by Gasteiger charge is 2.04. The van der Waals surface area contributed by atoms with Crippen LogP contribution in [0.4, 0.5) is 0 Å². The second kappa shape index (κ2) is 8.39. The summed E-state index contributed by atoms with van der Waals surface area (Å²) >= 11 is 0. The van der Waals surface area contributed by atoms with Gasteiger partial charge in [-0.25, -0.2) is 0 Å². The molecule has 88 valence electrons. The topological polar surface area (TPSA) is 12.5 Å². The Morgan fingerprint density at radius 2 is 1.67 bits per heavy atom. The zero-order chi connectivity index (χ0) is 11.7. The Bertz CT molecular complexity index is 211. The third-order valence-corrected chi connectivity index (χ3v) is 2.09. The molecule has 0 atom stereocenters. The number of ether oxygens (including phenoxy) is 1. The zero-order valence-corrected chi connectivity index (χ0v) is 10.8. The van der Waals surface area contributed by atoms with Gasteiger partial charge in [0.15, 0.2) is 5.88 Å². The summed E-state index contributed by atoms with van der Waals surface area (Å²) < 4.78 is 5.73. The number of hydrogen-bond donors (Lipinski definition) is 0. The lowest BCUT2D eigenvalue weighted by atomic mass is 10.3. The van der Waals surface area contributed by atoms with Crippen molar-refractivity contribution in [3.05, 3.63) is 23.6 Å². The fourth-order valence-electron chi connectivity index (χ4n) is 1.22. The van der Waals surface area contributed by atoms with Crippen LogP contribution in [0, 0.1) is 0 Å². The van der Waals surface area contributed by atoms with Gasteiger partial charge in [0.2, 0.25) is 0 Å². The van der Waals surface area contributed by atoms with E-state index < -0.39 is 0 Å². The van der Waals surface area contributed by atoms with Gasteiger partial charge in [-0.15, -0.1) is 0 Å². The van der Waals surface area contributed by atoms with Gasteiger partial charge in [0, 0.05) is 13.1 Å².